The Labute approximate surface area is 184 Å². The smallest absolute Gasteiger partial charge is 0.265 e. The van der Waals surface area contributed by atoms with Crippen LogP contribution in [0.3, 0.4) is 0 Å². The van der Waals surface area contributed by atoms with Gasteiger partial charge in [-0.1, -0.05) is 34.5 Å². The number of fused-ring (bicyclic) bond motifs is 1. The summed E-state index contributed by atoms with van der Waals surface area (Å²) < 4.78 is 39.0. The first-order valence-electron chi connectivity index (χ1n) is 9.30. The van der Waals surface area contributed by atoms with Crippen molar-refractivity contribution in [3.63, 3.8) is 0 Å². The fourth-order valence-electron chi connectivity index (χ4n) is 3.26. The molecule has 0 unspecified atom stereocenters. The third-order valence-electron chi connectivity index (χ3n) is 4.74. The lowest BCUT2D eigenvalue weighted by Gasteiger charge is -2.29. The number of hydrogen-bond donors (Lipinski definition) is 1. The molecule has 4 rings (SSSR count). The lowest BCUT2D eigenvalue weighted by atomic mass is 10.1. The second-order valence-electron chi connectivity index (χ2n) is 7.17. The summed E-state index contributed by atoms with van der Waals surface area (Å²) in [6.45, 7) is 5.16. The van der Waals surface area contributed by atoms with Gasteiger partial charge in [-0.15, -0.1) is 0 Å². The van der Waals surface area contributed by atoms with E-state index in [1.54, 1.807) is 13.0 Å². The number of amides is 1. The molecule has 9 nitrogen and oxygen atoms in total. The normalized spacial score (nSPS) is 13.7. The Bertz CT molecular complexity index is 1290. The molecule has 3 aromatic rings. The Morgan fingerprint density at radius 2 is 1.97 bits per heavy atom. The van der Waals surface area contributed by atoms with Gasteiger partial charge in [-0.05, 0) is 31.5 Å². The predicted molar refractivity (Wildman–Crippen MR) is 114 cm³/mol. The number of ether oxygens (including phenoxy) is 1. The van der Waals surface area contributed by atoms with Gasteiger partial charge in [0.15, 0.2) is 12.4 Å². The quantitative estimate of drug-likeness (QED) is 0.618. The van der Waals surface area contributed by atoms with Gasteiger partial charge in [0.25, 0.3) is 15.9 Å². The van der Waals surface area contributed by atoms with Crippen LogP contribution in [0, 0.1) is 20.8 Å². The Balaban J connectivity index is 1.69. The molecule has 0 aliphatic carbocycles. The van der Waals surface area contributed by atoms with Crippen LogP contribution < -0.4 is 14.4 Å². The van der Waals surface area contributed by atoms with Gasteiger partial charge in [0.1, 0.15) is 10.6 Å². The zero-order chi connectivity index (χ0) is 22.3. The number of nitrogens with zero attached hydrogens (tertiary/aromatic N) is 3. The van der Waals surface area contributed by atoms with Crippen LogP contribution in [-0.4, -0.2) is 31.1 Å². The number of rotatable bonds is 5. The first-order chi connectivity index (χ1) is 14.6. The number of sulfonamides is 1. The first-order valence-corrected chi connectivity index (χ1v) is 11.2. The fraction of sp³-hybridized carbons (Fsp3) is 0.250. The number of halogens is 1. The summed E-state index contributed by atoms with van der Waals surface area (Å²) in [5.74, 6) is 0.552. The van der Waals surface area contributed by atoms with Crippen LogP contribution in [0.25, 0.3) is 0 Å². The second kappa shape index (κ2) is 7.86. The summed E-state index contributed by atoms with van der Waals surface area (Å²) in [6, 6.07) is 8.07. The molecule has 0 saturated heterocycles. The van der Waals surface area contributed by atoms with Gasteiger partial charge >= 0.3 is 0 Å². The molecule has 162 valence electrons. The highest BCUT2D eigenvalue weighted by atomic mass is 35.5. The minimum absolute atomic E-state index is 0.0375. The molecule has 1 aromatic heterocycles. The van der Waals surface area contributed by atoms with Crippen LogP contribution in [-0.2, 0) is 21.4 Å². The van der Waals surface area contributed by atoms with Crippen molar-refractivity contribution < 1.29 is 22.5 Å². The molecule has 0 fully saturated rings. The van der Waals surface area contributed by atoms with Gasteiger partial charge in [0.05, 0.1) is 22.9 Å². The van der Waals surface area contributed by atoms with Crippen molar-refractivity contribution in [1.29, 1.82) is 0 Å². The average molecular weight is 463 g/mol. The first kappa shape index (κ1) is 21.1. The molecule has 0 atom stereocenters. The summed E-state index contributed by atoms with van der Waals surface area (Å²) in [4.78, 5) is 17.7. The van der Waals surface area contributed by atoms with E-state index in [-0.39, 0.29) is 34.7 Å². The monoisotopic (exact) mass is 462 g/mol. The van der Waals surface area contributed by atoms with Crippen LogP contribution in [0.15, 0.2) is 39.8 Å². The highest BCUT2D eigenvalue weighted by molar-refractivity contribution is 7.92. The van der Waals surface area contributed by atoms with Crippen LogP contribution >= 0.6 is 11.6 Å². The third-order valence-corrected chi connectivity index (χ3v) is 6.57. The molecule has 0 spiro atoms. The number of hydrogen-bond acceptors (Lipinski definition) is 7. The summed E-state index contributed by atoms with van der Waals surface area (Å²) in [6.07, 6.45) is 0. The Hall–Kier alpha value is -3.11. The Morgan fingerprint density at radius 3 is 2.65 bits per heavy atom. The Morgan fingerprint density at radius 1 is 1.19 bits per heavy atom. The van der Waals surface area contributed by atoms with E-state index in [1.807, 2.05) is 26.0 Å². The number of aryl methyl sites for hydroxylation is 3. The molecular formula is C20H19ClN4O5S. The maximum absolute atomic E-state index is 13.0. The fourth-order valence-corrected chi connectivity index (χ4v) is 4.93. The molecule has 0 radical (unpaired) electrons. The summed E-state index contributed by atoms with van der Waals surface area (Å²) in [5, 5.41) is 3.75. The molecule has 11 heteroatoms. The minimum atomic E-state index is -4.00. The van der Waals surface area contributed by atoms with Gasteiger partial charge in [-0.3, -0.25) is 14.4 Å². The molecule has 31 heavy (non-hydrogen) atoms. The molecular weight excluding hydrogens is 444 g/mol. The van der Waals surface area contributed by atoms with E-state index in [2.05, 4.69) is 14.9 Å². The highest BCUT2D eigenvalue weighted by Crippen LogP contribution is 2.39. The number of benzene rings is 2. The molecule has 1 aliphatic heterocycles. The summed E-state index contributed by atoms with van der Waals surface area (Å²) in [5.41, 5.74) is 2.57. The molecule has 0 saturated carbocycles. The van der Waals surface area contributed by atoms with E-state index >= 15 is 0 Å². The maximum atomic E-state index is 13.0. The number of carbonyl (C=O) groups excluding carboxylic acids is 1. The summed E-state index contributed by atoms with van der Waals surface area (Å²) >= 11 is 6.33. The van der Waals surface area contributed by atoms with E-state index < -0.39 is 10.0 Å². The number of anilines is 2. The highest BCUT2D eigenvalue weighted by Gasteiger charge is 2.31. The van der Waals surface area contributed by atoms with Gasteiger partial charge in [-0.25, -0.2) is 8.42 Å². The molecule has 1 N–H and O–H groups in total. The summed E-state index contributed by atoms with van der Waals surface area (Å²) in [7, 11) is -4.00. The average Bonchev–Trinajstić information content (AvgIpc) is 3.11. The predicted octanol–water partition coefficient (Wildman–Crippen LogP) is 3.37. The Kier molecular flexibility index (Phi) is 5.36. The van der Waals surface area contributed by atoms with E-state index in [1.165, 1.54) is 17.0 Å². The van der Waals surface area contributed by atoms with Crippen LogP contribution in [0.5, 0.6) is 5.75 Å². The van der Waals surface area contributed by atoms with Crippen molar-refractivity contribution >= 4 is 38.9 Å². The topological polar surface area (TPSA) is 115 Å². The zero-order valence-corrected chi connectivity index (χ0v) is 18.5. The van der Waals surface area contributed by atoms with Crippen LogP contribution in [0.2, 0.25) is 5.02 Å². The number of nitrogens with one attached hydrogen (secondary N) is 1. The SMILES string of the molecule is Cc1ccc(NS(=O)(=O)c2cc3c(cc2Cl)N(Cc2noc(C)n2)C(=O)CO3)c(C)c1. The zero-order valence-electron chi connectivity index (χ0n) is 17.0. The maximum Gasteiger partial charge on any atom is 0.265 e. The van der Waals surface area contributed by atoms with Gasteiger partial charge in [0, 0.05) is 13.0 Å². The molecule has 1 amide bonds. The molecule has 1 aliphatic rings. The number of aromatic nitrogens is 2. The van der Waals surface area contributed by atoms with Crippen molar-refractivity contribution in [2.45, 2.75) is 32.2 Å². The van der Waals surface area contributed by atoms with Crippen molar-refractivity contribution in [2.75, 3.05) is 16.2 Å². The number of carbonyl (C=O) groups is 1. The van der Waals surface area contributed by atoms with Crippen LogP contribution in [0.1, 0.15) is 22.8 Å². The van der Waals surface area contributed by atoms with Gasteiger partial charge in [0.2, 0.25) is 5.89 Å². The van der Waals surface area contributed by atoms with Crippen LogP contribution in [0.4, 0.5) is 11.4 Å². The van der Waals surface area contributed by atoms with Gasteiger partial charge in [-0.2, -0.15) is 4.98 Å². The van der Waals surface area contributed by atoms with Crippen molar-refractivity contribution in [1.82, 2.24) is 10.1 Å². The lowest BCUT2D eigenvalue weighted by Crippen LogP contribution is -2.38. The lowest BCUT2D eigenvalue weighted by molar-refractivity contribution is -0.121. The molecule has 2 aromatic carbocycles. The van der Waals surface area contributed by atoms with E-state index in [9.17, 15) is 13.2 Å². The molecule has 0 bridgehead atoms. The van der Waals surface area contributed by atoms with E-state index in [0.717, 1.165) is 11.1 Å². The van der Waals surface area contributed by atoms with Crippen molar-refractivity contribution in [2.24, 2.45) is 0 Å². The van der Waals surface area contributed by atoms with Crippen molar-refractivity contribution in [3.8, 4) is 5.75 Å². The largest absolute Gasteiger partial charge is 0.482 e. The van der Waals surface area contributed by atoms with E-state index in [0.29, 0.717) is 23.1 Å². The third kappa shape index (κ3) is 4.21. The minimum Gasteiger partial charge on any atom is -0.482 e. The van der Waals surface area contributed by atoms with Gasteiger partial charge < -0.3 is 9.26 Å². The standard InChI is InChI=1S/C20H19ClN4O5S/c1-11-4-5-15(12(2)6-11)24-31(27,28)18-8-17-16(7-14(18)21)25(20(26)10-29-17)9-19-22-13(3)30-23-19/h4-8,24H,9-10H2,1-3H3. The van der Waals surface area contributed by atoms with Crippen molar-refractivity contribution in [3.05, 3.63) is 58.2 Å². The van der Waals surface area contributed by atoms with E-state index in [4.69, 9.17) is 20.9 Å². The molecule has 2 heterocycles. The second-order valence-corrected chi connectivity index (χ2v) is 9.23.